The van der Waals surface area contributed by atoms with Crippen molar-refractivity contribution in [2.45, 2.75) is 11.4 Å². The second-order valence-corrected chi connectivity index (χ2v) is 5.96. The molecular formula is C15H20N4OS. The van der Waals surface area contributed by atoms with Crippen molar-refractivity contribution in [2.24, 2.45) is 0 Å². The van der Waals surface area contributed by atoms with Gasteiger partial charge in [0.1, 0.15) is 11.4 Å². The minimum absolute atomic E-state index is 0.0430. The van der Waals surface area contributed by atoms with Gasteiger partial charge >= 0.3 is 0 Å². The average Bonchev–Trinajstić information content (AvgIpc) is 2.49. The molecule has 5 nitrogen and oxygen atoms in total. The molecule has 0 bridgehead atoms. The zero-order chi connectivity index (χ0) is 15.1. The van der Waals surface area contributed by atoms with Gasteiger partial charge in [0.05, 0.1) is 11.3 Å². The van der Waals surface area contributed by atoms with Crippen LogP contribution in [0.25, 0.3) is 10.9 Å². The molecule has 0 aliphatic rings. The molecule has 0 fully saturated rings. The molecule has 0 atom stereocenters. The summed E-state index contributed by atoms with van der Waals surface area (Å²) in [5.41, 5.74) is 0.904. The van der Waals surface area contributed by atoms with Crippen molar-refractivity contribution in [3.8, 4) is 0 Å². The average molecular weight is 304 g/mol. The zero-order valence-corrected chi connectivity index (χ0v) is 13.2. The molecule has 0 spiro atoms. The summed E-state index contributed by atoms with van der Waals surface area (Å²) >= 11 is 1.45. The maximum absolute atomic E-state index is 11.8. The zero-order valence-electron chi connectivity index (χ0n) is 12.4. The monoisotopic (exact) mass is 304 g/mol. The number of carbonyl (C=O) groups excluding carboxylic acids is 1. The molecule has 0 saturated carbocycles. The summed E-state index contributed by atoms with van der Waals surface area (Å²) in [5.74, 6) is 0.421. The van der Waals surface area contributed by atoms with Crippen LogP contribution in [0.15, 0.2) is 35.6 Å². The van der Waals surface area contributed by atoms with Gasteiger partial charge < -0.3 is 10.2 Å². The highest BCUT2D eigenvalue weighted by atomic mass is 32.2. The summed E-state index contributed by atoms with van der Waals surface area (Å²) in [5, 5.41) is 4.77. The van der Waals surface area contributed by atoms with Gasteiger partial charge in [-0.05, 0) is 33.1 Å². The molecule has 0 aliphatic carbocycles. The minimum Gasteiger partial charge on any atom is -0.355 e. The van der Waals surface area contributed by atoms with E-state index >= 15 is 0 Å². The van der Waals surface area contributed by atoms with E-state index in [1.165, 1.54) is 11.8 Å². The smallest absolute Gasteiger partial charge is 0.230 e. The summed E-state index contributed by atoms with van der Waals surface area (Å²) in [7, 11) is 4.05. The molecule has 1 aromatic carbocycles. The molecule has 1 heterocycles. The second kappa shape index (κ2) is 7.95. The molecule has 1 amide bonds. The van der Waals surface area contributed by atoms with Crippen LogP contribution in [0.3, 0.4) is 0 Å². The fraction of sp³-hybridized carbons (Fsp3) is 0.400. The number of carbonyl (C=O) groups is 1. The van der Waals surface area contributed by atoms with Gasteiger partial charge in [0.25, 0.3) is 0 Å². The van der Waals surface area contributed by atoms with Crippen LogP contribution in [-0.2, 0) is 4.79 Å². The molecule has 0 unspecified atom stereocenters. The van der Waals surface area contributed by atoms with E-state index in [2.05, 4.69) is 20.2 Å². The number of fused-ring (bicyclic) bond motifs is 1. The number of para-hydroxylation sites is 1. The molecule has 2 aromatic rings. The first-order valence-electron chi connectivity index (χ1n) is 6.91. The molecule has 0 aliphatic heterocycles. The Morgan fingerprint density at radius 1 is 1.29 bits per heavy atom. The van der Waals surface area contributed by atoms with Crippen molar-refractivity contribution >= 4 is 28.6 Å². The number of amides is 1. The molecule has 2 rings (SSSR count). The van der Waals surface area contributed by atoms with E-state index in [1.807, 2.05) is 38.4 Å². The van der Waals surface area contributed by atoms with Crippen LogP contribution in [0.1, 0.15) is 6.42 Å². The van der Waals surface area contributed by atoms with Gasteiger partial charge in [-0.3, -0.25) is 4.79 Å². The predicted molar refractivity (Wildman–Crippen MR) is 86.4 cm³/mol. The highest BCUT2D eigenvalue weighted by molar-refractivity contribution is 8.00. The highest BCUT2D eigenvalue weighted by Gasteiger charge is 2.07. The normalized spacial score (nSPS) is 11.0. The topological polar surface area (TPSA) is 58.1 Å². The van der Waals surface area contributed by atoms with Gasteiger partial charge in [0.2, 0.25) is 5.91 Å². The van der Waals surface area contributed by atoms with Crippen molar-refractivity contribution in [1.29, 1.82) is 0 Å². The first-order valence-corrected chi connectivity index (χ1v) is 7.89. The molecule has 6 heteroatoms. The Morgan fingerprint density at radius 2 is 2.10 bits per heavy atom. The van der Waals surface area contributed by atoms with E-state index in [0.717, 1.165) is 28.9 Å². The minimum atomic E-state index is 0.0430. The Bertz CT molecular complexity index is 598. The fourth-order valence-corrected chi connectivity index (χ4v) is 2.72. The largest absolute Gasteiger partial charge is 0.355 e. The Morgan fingerprint density at radius 3 is 2.90 bits per heavy atom. The first kappa shape index (κ1) is 15.7. The number of hydrogen-bond donors (Lipinski definition) is 1. The van der Waals surface area contributed by atoms with Gasteiger partial charge in [-0.25, -0.2) is 9.97 Å². The summed E-state index contributed by atoms with van der Waals surface area (Å²) in [6.45, 7) is 1.69. The van der Waals surface area contributed by atoms with Crippen LogP contribution in [0.4, 0.5) is 0 Å². The van der Waals surface area contributed by atoms with E-state index in [-0.39, 0.29) is 5.91 Å². The Labute approximate surface area is 129 Å². The van der Waals surface area contributed by atoms with Crippen LogP contribution in [0.5, 0.6) is 0 Å². The fourth-order valence-electron chi connectivity index (χ4n) is 1.90. The lowest BCUT2D eigenvalue weighted by Gasteiger charge is -2.10. The maximum Gasteiger partial charge on any atom is 0.230 e. The quantitative estimate of drug-likeness (QED) is 0.480. The van der Waals surface area contributed by atoms with Crippen LogP contribution in [0.2, 0.25) is 0 Å². The van der Waals surface area contributed by atoms with Crippen LogP contribution >= 0.6 is 11.8 Å². The third kappa shape index (κ3) is 4.99. The van der Waals surface area contributed by atoms with Crippen molar-refractivity contribution in [1.82, 2.24) is 20.2 Å². The number of rotatable bonds is 7. The molecule has 1 aromatic heterocycles. The second-order valence-electron chi connectivity index (χ2n) is 4.99. The lowest BCUT2D eigenvalue weighted by atomic mass is 10.2. The Kier molecular flexibility index (Phi) is 5.95. The van der Waals surface area contributed by atoms with Gasteiger partial charge in [0, 0.05) is 11.9 Å². The maximum atomic E-state index is 11.8. The predicted octanol–water partition coefficient (Wildman–Crippen LogP) is 1.79. The Hall–Kier alpha value is -1.66. The van der Waals surface area contributed by atoms with E-state index in [9.17, 15) is 4.79 Å². The number of aromatic nitrogens is 2. The highest BCUT2D eigenvalue weighted by Crippen LogP contribution is 2.23. The van der Waals surface area contributed by atoms with Crippen molar-refractivity contribution in [2.75, 3.05) is 32.9 Å². The van der Waals surface area contributed by atoms with Gasteiger partial charge in [0.15, 0.2) is 0 Å². The standard InChI is InChI=1S/C15H20N4OS/c1-19(2)9-5-8-16-14(20)10-21-15-12-6-3-4-7-13(12)17-11-18-15/h3-4,6-7,11H,5,8-10H2,1-2H3,(H,16,20). The Balaban J connectivity index is 1.83. The lowest BCUT2D eigenvalue weighted by molar-refractivity contribution is -0.118. The van der Waals surface area contributed by atoms with Gasteiger partial charge in [-0.1, -0.05) is 30.0 Å². The molecule has 21 heavy (non-hydrogen) atoms. The lowest BCUT2D eigenvalue weighted by Crippen LogP contribution is -2.28. The summed E-state index contributed by atoms with van der Waals surface area (Å²) in [4.78, 5) is 22.4. The third-order valence-corrected chi connectivity index (χ3v) is 3.96. The molecule has 112 valence electrons. The third-order valence-electron chi connectivity index (χ3n) is 2.95. The van der Waals surface area contributed by atoms with E-state index in [4.69, 9.17) is 0 Å². The number of hydrogen-bond acceptors (Lipinski definition) is 5. The first-order chi connectivity index (χ1) is 10.2. The molecule has 1 N–H and O–H groups in total. The summed E-state index contributed by atoms with van der Waals surface area (Å²) in [6.07, 6.45) is 2.50. The summed E-state index contributed by atoms with van der Waals surface area (Å²) < 4.78 is 0. The van der Waals surface area contributed by atoms with Gasteiger partial charge in [-0.15, -0.1) is 0 Å². The number of nitrogens with one attached hydrogen (secondary N) is 1. The van der Waals surface area contributed by atoms with Crippen molar-refractivity contribution in [3.63, 3.8) is 0 Å². The van der Waals surface area contributed by atoms with Crippen LogP contribution in [-0.4, -0.2) is 53.7 Å². The van der Waals surface area contributed by atoms with Crippen LogP contribution < -0.4 is 5.32 Å². The number of thioether (sulfide) groups is 1. The van der Waals surface area contributed by atoms with E-state index < -0.39 is 0 Å². The van der Waals surface area contributed by atoms with Crippen LogP contribution in [0, 0.1) is 0 Å². The van der Waals surface area contributed by atoms with Crippen molar-refractivity contribution < 1.29 is 4.79 Å². The SMILES string of the molecule is CN(C)CCCNC(=O)CSc1ncnc2ccccc12. The molecular weight excluding hydrogens is 284 g/mol. The van der Waals surface area contributed by atoms with E-state index in [0.29, 0.717) is 12.3 Å². The summed E-state index contributed by atoms with van der Waals surface area (Å²) in [6, 6.07) is 7.83. The molecule has 0 radical (unpaired) electrons. The van der Waals surface area contributed by atoms with Gasteiger partial charge in [-0.2, -0.15) is 0 Å². The number of nitrogens with zero attached hydrogens (tertiary/aromatic N) is 3. The van der Waals surface area contributed by atoms with Crippen molar-refractivity contribution in [3.05, 3.63) is 30.6 Å². The molecule has 0 saturated heterocycles. The van der Waals surface area contributed by atoms with E-state index in [1.54, 1.807) is 6.33 Å². The number of benzene rings is 1.